The van der Waals surface area contributed by atoms with Crippen molar-refractivity contribution in [1.82, 2.24) is 4.98 Å². The number of aromatic nitrogens is 1. The molecule has 1 N–H and O–H groups in total. The van der Waals surface area contributed by atoms with Crippen molar-refractivity contribution in [3.63, 3.8) is 0 Å². The maximum atomic E-state index is 12.0. The number of hydrogen-bond donors (Lipinski definition) is 1. The standard InChI is InChI=1S/C17H18ClN3O4S/c1-3-24-14(22)8-12-10-26-17(20-12)21-19-9-11-6-5-7-13(18)15(11)16(23)25-4-2/h5-7,9-10H,3-4,8H2,1-2H3,(H,20,21). The number of carbonyl (C=O) groups is 2. The van der Waals surface area contributed by atoms with Crippen LogP contribution in [-0.4, -0.2) is 36.4 Å². The van der Waals surface area contributed by atoms with E-state index < -0.39 is 5.97 Å². The zero-order chi connectivity index (χ0) is 18.9. The summed E-state index contributed by atoms with van der Waals surface area (Å²) in [6.45, 7) is 4.06. The number of benzene rings is 1. The topological polar surface area (TPSA) is 89.9 Å². The molecule has 0 amide bonds. The van der Waals surface area contributed by atoms with E-state index >= 15 is 0 Å². The van der Waals surface area contributed by atoms with Gasteiger partial charge in [0.15, 0.2) is 0 Å². The Labute approximate surface area is 160 Å². The number of ether oxygens (including phenoxy) is 2. The lowest BCUT2D eigenvalue weighted by molar-refractivity contribution is -0.142. The molecule has 0 bridgehead atoms. The Morgan fingerprint density at radius 1 is 1.31 bits per heavy atom. The molecule has 26 heavy (non-hydrogen) atoms. The van der Waals surface area contributed by atoms with E-state index in [2.05, 4.69) is 15.5 Å². The average molecular weight is 396 g/mol. The molecule has 0 spiro atoms. The summed E-state index contributed by atoms with van der Waals surface area (Å²) in [5, 5.41) is 6.63. The van der Waals surface area contributed by atoms with E-state index in [-0.39, 0.29) is 24.6 Å². The SMILES string of the molecule is CCOC(=O)Cc1csc(NN=Cc2cccc(Cl)c2C(=O)OCC)n1. The molecule has 1 aromatic heterocycles. The molecular weight excluding hydrogens is 378 g/mol. The quantitative estimate of drug-likeness (QED) is 0.418. The molecular formula is C17H18ClN3O4S. The first-order valence-corrected chi connectivity index (χ1v) is 9.15. The first-order valence-electron chi connectivity index (χ1n) is 7.89. The number of carbonyl (C=O) groups excluding carboxylic acids is 2. The van der Waals surface area contributed by atoms with Gasteiger partial charge in [0.25, 0.3) is 0 Å². The number of esters is 2. The van der Waals surface area contributed by atoms with Crippen molar-refractivity contribution in [2.24, 2.45) is 5.10 Å². The second-order valence-electron chi connectivity index (χ2n) is 4.92. The molecule has 0 saturated heterocycles. The van der Waals surface area contributed by atoms with Crippen LogP contribution in [0.4, 0.5) is 5.13 Å². The third-order valence-electron chi connectivity index (χ3n) is 3.07. The fourth-order valence-corrected chi connectivity index (χ4v) is 2.94. The largest absolute Gasteiger partial charge is 0.466 e. The van der Waals surface area contributed by atoms with Gasteiger partial charge in [-0.15, -0.1) is 11.3 Å². The molecule has 0 radical (unpaired) electrons. The number of nitrogens with zero attached hydrogens (tertiary/aromatic N) is 2. The number of halogens is 1. The molecule has 138 valence electrons. The molecule has 2 aromatic rings. The van der Waals surface area contributed by atoms with Gasteiger partial charge in [0.1, 0.15) is 0 Å². The molecule has 0 atom stereocenters. The smallest absolute Gasteiger partial charge is 0.340 e. The van der Waals surface area contributed by atoms with E-state index in [1.54, 1.807) is 37.4 Å². The predicted molar refractivity (Wildman–Crippen MR) is 101 cm³/mol. The predicted octanol–water partition coefficient (Wildman–Crippen LogP) is 3.52. The highest BCUT2D eigenvalue weighted by Crippen LogP contribution is 2.20. The van der Waals surface area contributed by atoms with Gasteiger partial charge in [-0.2, -0.15) is 5.10 Å². The number of anilines is 1. The minimum atomic E-state index is -0.509. The Morgan fingerprint density at radius 2 is 2.08 bits per heavy atom. The first kappa shape index (κ1) is 19.9. The van der Waals surface area contributed by atoms with E-state index in [4.69, 9.17) is 21.1 Å². The summed E-state index contributed by atoms with van der Waals surface area (Å²) in [6, 6.07) is 5.03. The third kappa shape index (κ3) is 5.53. The number of hydrogen-bond acceptors (Lipinski definition) is 8. The molecule has 0 saturated carbocycles. The van der Waals surface area contributed by atoms with Gasteiger partial charge in [0.05, 0.1) is 42.1 Å². The van der Waals surface area contributed by atoms with Crippen molar-refractivity contribution in [2.75, 3.05) is 18.6 Å². The molecule has 0 fully saturated rings. The van der Waals surface area contributed by atoms with E-state index in [0.29, 0.717) is 28.0 Å². The minimum absolute atomic E-state index is 0.108. The Kier molecular flexibility index (Phi) is 7.55. The van der Waals surface area contributed by atoms with E-state index in [0.717, 1.165) is 0 Å². The molecule has 9 heteroatoms. The van der Waals surface area contributed by atoms with Crippen molar-refractivity contribution in [3.8, 4) is 0 Å². The van der Waals surface area contributed by atoms with Crippen molar-refractivity contribution >= 4 is 46.2 Å². The average Bonchev–Trinajstić information content (AvgIpc) is 3.02. The van der Waals surface area contributed by atoms with Gasteiger partial charge in [-0.05, 0) is 19.9 Å². The molecule has 0 unspecified atom stereocenters. The number of hydrazone groups is 1. The summed E-state index contributed by atoms with van der Waals surface area (Å²) in [4.78, 5) is 27.7. The molecule has 2 rings (SSSR count). The maximum absolute atomic E-state index is 12.0. The zero-order valence-electron chi connectivity index (χ0n) is 14.3. The summed E-state index contributed by atoms with van der Waals surface area (Å²) in [5.41, 5.74) is 4.14. The molecule has 0 aliphatic rings. The van der Waals surface area contributed by atoms with Crippen LogP contribution in [0.1, 0.15) is 35.5 Å². The fourth-order valence-electron chi connectivity index (χ4n) is 2.02. The van der Waals surface area contributed by atoms with Gasteiger partial charge in [0.2, 0.25) is 5.13 Å². The minimum Gasteiger partial charge on any atom is -0.466 e. The highest BCUT2D eigenvalue weighted by atomic mass is 35.5. The monoisotopic (exact) mass is 395 g/mol. The second kappa shape index (κ2) is 9.88. The van der Waals surface area contributed by atoms with Crippen LogP contribution in [0.2, 0.25) is 5.02 Å². The zero-order valence-corrected chi connectivity index (χ0v) is 15.9. The first-order chi connectivity index (χ1) is 12.5. The summed E-state index contributed by atoms with van der Waals surface area (Å²) in [5.74, 6) is -0.837. The van der Waals surface area contributed by atoms with Crippen LogP contribution in [0.3, 0.4) is 0 Å². The third-order valence-corrected chi connectivity index (χ3v) is 4.18. The van der Waals surface area contributed by atoms with Crippen LogP contribution in [0, 0.1) is 0 Å². The van der Waals surface area contributed by atoms with Crippen LogP contribution >= 0.6 is 22.9 Å². The Bertz CT molecular complexity index is 807. The van der Waals surface area contributed by atoms with Crippen LogP contribution in [0.15, 0.2) is 28.7 Å². The lowest BCUT2D eigenvalue weighted by atomic mass is 10.1. The van der Waals surface area contributed by atoms with E-state index in [1.807, 2.05) is 0 Å². The Morgan fingerprint density at radius 3 is 2.81 bits per heavy atom. The van der Waals surface area contributed by atoms with Crippen molar-refractivity contribution < 1.29 is 19.1 Å². The van der Waals surface area contributed by atoms with Crippen LogP contribution < -0.4 is 5.43 Å². The molecule has 0 aliphatic carbocycles. The van der Waals surface area contributed by atoms with Gasteiger partial charge in [-0.25, -0.2) is 9.78 Å². The Hall–Kier alpha value is -2.45. The van der Waals surface area contributed by atoms with Crippen LogP contribution in [-0.2, 0) is 20.7 Å². The molecule has 7 nitrogen and oxygen atoms in total. The molecule has 1 aromatic carbocycles. The summed E-state index contributed by atoms with van der Waals surface area (Å²) >= 11 is 7.40. The Balaban J connectivity index is 2.05. The van der Waals surface area contributed by atoms with Gasteiger partial charge >= 0.3 is 11.9 Å². The second-order valence-corrected chi connectivity index (χ2v) is 6.19. The van der Waals surface area contributed by atoms with Crippen LogP contribution in [0.25, 0.3) is 0 Å². The number of nitrogens with one attached hydrogen (secondary N) is 1. The normalized spacial score (nSPS) is 10.7. The fraction of sp³-hybridized carbons (Fsp3) is 0.294. The van der Waals surface area contributed by atoms with Crippen LogP contribution in [0.5, 0.6) is 0 Å². The lowest BCUT2D eigenvalue weighted by Gasteiger charge is -2.07. The van der Waals surface area contributed by atoms with Crippen molar-refractivity contribution in [1.29, 1.82) is 0 Å². The van der Waals surface area contributed by atoms with Crippen molar-refractivity contribution in [2.45, 2.75) is 20.3 Å². The number of thiazole rings is 1. The highest BCUT2D eigenvalue weighted by molar-refractivity contribution is 7.13. The summed E-state index contributed by atoms with van der Waals surface area (Å²) in [7, 11) is 0. The molecule has 0 aliphatic heterocycles. The summed E-state index contributed by atoms with van der Waals surface area (Å²) in [6.07, 6.45) is 1.57. The van der Waals surface area contributed by atoms with Gasteiger partial charge < -0.3 is 9.47 Å². The van der Waals surface area contributed by atoms with E-state index in [1.165, 1.54) is 17.6 Å². The highest BCUT2D eigenvalue weighted by Gasteiger charge is 2.15. The summed E-state index contributed by atoms with van der Waals surface area (Å²) < 4.78 is 9.89. The number of rotatable bonds is 8. The van der Waals surface area contributed by atoms with Gasteiger partial charge in [-0.3, -0.25) is 10.2 Å². The van der Waals surface area contributed by atoms with Crippen molar-refractivity contribution in [3.05, 3.63) is 45.4 Å². The van der Waals surface area contributed by atoms with Gasteiger partial charge in [0, 0.05) is 10.9 Å². The molecule has 1 heterocycles. The lowest BCUT2D eigenvalue weighted by Crippen LogP contribution is -2.09. The maximum Gasteiger partial charge on any atom is 0.340 e. The van der Waals surface area contributed by atoms with Gasteiger partial charge in [-0.1, -0.05) is 23.7 Å². The van der Waals surface area contributed by atoms with E-state index in [9.17, 15) is 9.59 Å².